The molecule has 0 aliphatic rings. The lowest BCUT2D eigenvalue weighted by Gasteiger charge is -1.99. The van der Waals surface area contributed by atoms with Crippen molar-refractivity contribution in [2.45, 2.75) is 6.42 Å². The van der Waals surface area contributed by atoms with Gasteiger partial charge in [0.25, 0.3) is 0 Å². The van der Waals surface area contributed by atoms with Crippen molar-refractivity contribution in [1.82, 2.24) is 5.16 Å². The maximum absolute atomic E-state index is 10.9. The molecule has 0 aliphatic carbocycles. The molecule has 2 aromatic rings. The highest BCUT2D eigenvalue weighted by atomic mass is 32.2. The Kier molecular flexibility index (Phi) is 3.03. The summed E-state index contributed by atoms with van der Waals surface area (Å²) in [6.07, 6.45) is 0.221. The SMILES string of the molecule is COc1ccc2onc(CCS(N)(=O)=O)c2c1. The van der Waals surface area contributed by atoms with Crippen LogP contribution in [0, 0.1) is 0 Å². The number of nitrogens with zero attached hydrogens (tertiary/aromatic N) is 1. The summed E-state index contributed by atoms with van der Waals surface area (Å²) in [7, 11) is -1.94. The van der Waals surface area contributed by atoms with E-state index in [0.29, 0.717) is 17.0 Å². The first-order chi connectivity index (χ1) is 7.99. The summed E-state index contributed by atoms with van der Waals surface area (Å²) >= 11 is 0. The van der Waals surface area contributed by atoms with Crippen LogP contribution in [0.1, 0.15) is 5.69 Å². The van der Waals surface area contributed by atoms with Gasteiger partial charge >= 0.3 is 0 Å². The Morgan fingerprint density at radius 1 is 1.47 bits per heavy atom. The summed E-state index contributed by atoms with van der Waals surface area (Å²) in [5.74, 6) is 0.504. The number of methoxy groups -OCH3 is 1. The van der Waals surface area contributed by atoms with Gasteiger partial charge in [-0.25, -0.2) is 13.6 Å². The number of ether oxygens (including phenoxy) is 1. The van der Waals surface area contributed by atoms with Gasteiger partial charge in [0.1, 0.15) is 5.75 Å². The zero-order valence-electron chi connectivity index (χ0n) is 9.21. The van der Waals surface area contributed by atoms with Gasteiger partial charge in [-0.1, -0.05) is 5.16 Å². The molecule has 0 atom stereocenters. The smallest absolute Gasteiger partial charge is 0.209 e. The van der Waals surface area contributed by atoms with E-state index in [4.69, 9.17) is 14.4 Å². The summed E-state index contributed by atoms with van der Waals surface area (Å²) in [6, 6.07) is 5.23. The first kappa shape index (κ1) is 11.9. The van der Waals surface area contributed by atoms with Gasteiger partial charge in [0, 0.05) is 11.8 Å². The largest absolute Gasteiger partial charge is 0.497 e. The van der Waals surface area contributed by atoms with Crippen LogP contribution in [0.3, 0.4) is 0 Å². The van der Waals surface area contributed by atoms with Crippen molar-refractivity contribution in [3.05, 3.63) is 23.9 Å². The van der Waals surface area contributed by atoms with Gasteiger partial charge < -0.3 is 9.26 Å². The van der Waals surface area contributed by atoms with Crippen LogP contribution in [-0.4, -0.2) is 26.4 Å². The molecule has 2 N–H and O–H groups in total. The minimum Gasteiger partial charge on any atom is -0.497 e. The van der Waals surface area contributed by atoms with Crippen molar-refractivity contribution >= 4 is 21.0 Å². The molecule has 2 rings (SSSR count). The van der Waals surface area contributed by atoms with Gasteiger partial charge in [-0.2, -0.15) is 0 Å². The normalized spacial score (nSPS) is 11.9. The van der Waals surface area contributed by atoms with Gasteiger partial charge in [0.05, 0.1) is 18.6 Å². The average Bonchev–Trinajstić information content (AvgIpc) is 2.67. The Hall–Kier alpha value is -1.60. The summed E-state index contributed by atoms with van der Waals surface area (Å²) in [5, 5.41) is 9.51. The maximum Gasteiger partial charge on any atom is 0.209 e. The van der Waals surface area contributed by atoms with Crippen LogP contribution in [0.25, 0.3) is 11.0 Å². The zero-order valence-corrected chi connectivity index (χ0v) is 10.0. The monoisotopic (exact) mass is 256 g/mol. The van der Waals surface area contributed by atoms with Crippen molar-refractivity contribution in [2.75, 3.05) is 12.9 Å². The standard InChI is InChI=1S/C10H12N2O4S/c1-15-7-2-3-10-8(6-7)9(12-16-10)4-5-17(11,13)14/h2-3,6H,4-5H2,1H3,(H2,11,13,14). The van der Waals surface area contributed by atoms with E-state index in [2.05, 4.69) is 5.16 Å². The highest BCUT2D eigenvalue weighted by Gasteiger charge is 2.12. The fraction of sp³-hybridized carbons (Fsp3) is 0.300. The third kappa shape index (κ3) is 2.75. The second-order valence-electron chi connectivity index (χ2n) is 3.61. The van der Waals surface area contributed by atoms with Crippen molar-refractivity contribution < 1.29 is 17.7 Å². The predicted octanol–water partition coefficient (Wildman–Crippen LogP) is 0.667. The van der Waals surface area contributed by atoms with Crippen LogP contribution in [0.2, 0.25) is 0 Å². The van der Waals surface area contributed by atoms with Crippen LogP contribution in [0.15, 0.2) is 22.7 Å². The third-order valence-electron chi connectivity index (χ3n) is 2.38. The second kappa shape index (κ2) is 4.34. The molecule has 17 heavy (non-hydrogen) atoms. The van der Waals surface area contributed by atoms with Crippen molar-refractivity contribution in [3.8, 4) is 5.75 Å². The molecule has 7 heteroatoms. The van der Waals surface area contributed by atoms with E-state index in [9.17, 15) is 8.42 Å². The van der Waals surface area contributed by atoms with Gasteiger partial charge in [0.15, 0.2) is 5.58 Å². The average molecular weight is 256 g/mol. The fourth-order valence-corrected chi connectivity index (χ4v) is 1.99. The maximum atomic E-state index is 10.9. The first-order valence-electron chi connectivity index (χ1n) is 4.92. The molecule has 0 saturated carbocycles. The number of hydrogen-bond acceptors (Lipinski definition) is 5. The quantitative estimate of drug-likeness (QED) is 0.867. The summed E-state index contributed by atoms with van der Waals surface area (Å²) < 4.78 is 31.9. The molecule has 0 bridgehead atoms. The first-order valence-corrected chi connectivity index (χ1v) is 6.64. The van der Waals surface area contributed by atoms with Crippen LogP contribution in [0.5, 0.6) is 5.75 Å². The molecule has 92 valence electrons. The number of hydrogen-bond donors (Lipinski definition) is 1. The Balaban J connectivity index is 2.34. The number of aryl methyl sites for hydroxylation is 1. The molecule has 0 radical (unpaired) electrons. The van der Waals surface area contributed by atoms with E-state index in [1.165, 1.54) is 0 Å². The van der Waals surface area contributed by atoms with Crippen molar-refractivity contribution in [1.29, 1.82) is 0 Å². The van der Waals surface area contributed by atoms with E-state index < -0.39 is 10.0 Å². The molecule has 0 saturated heterocycles. The predicted molar refractivity (Wildman–Crippen MR) is 62.2 cm³/mol. The van der Waals surface area contributed by atoms with Crippen LogP contribution >= 0.6 is 0 Å². The summed E-state index contributed by atoms with van der Waals surface area (Å²) in [5.41, 5.74) is 1.16. The molecule has 1 aromatic heterocycles. The van der Waals surface area contributed by atoms with Gasteiger partial charge in [-0.05, 0) is 18.2 Å². The Labute approximate surface area is 98.4 Å². The number of primary sulfonamides is 1. The molecular formula is C10H12N2O4S. The van der Waals surface area contributed by atoms with Gasteiger partial charge in [-0.15, -0.1) is 0 Å². The van der Waals surface area contributed by atoms with E-state index in [1.54, 1.807) is 25.3 Å². The van der Waals surface area contributed by atoms with E-state index in [0.717, 1.165) is 5.39 Å². The van der Waals surface area contributed by atoms with E-state index >= 15 is 0 Å². The molecule has 1 heterocycles. The highest BCUT2D eigenvalue weighted by molar-refractivity contribution is 7.89. The number of rotatable bonds is 4. The number of nitrogens with two attached hydrogens (primary N) is 1. The molecule has 0 unspecified atom stereocenters. The molecular weight excluding hydrogens is 244 g/mol. The van der Waals surface area contributed by atoms with Gasteiger partial charge in [-0.3, -0.25) is 0 Å². The van der Waals surface area contributed by atoms with Crippen LogP contribution in [0.4, 0.5) is 0 Å². The van der Waals surface area contributed by atoms with Crippen molar-refractivity contribution in [3.63, 3.8) is 0 Å². The third-order valence-corrected chi connectivity index (χ3v) is 3.15. The molecule has 0 amide bonds. The molecule has 0 fully saturated rings. The van der Waals surface area contributed by atoms with Crippen LogP contribution in [-0.2, 0) is 16.4 Å². The van der Waals surface area contributed by atoms with Gasteiger partial charge in [0.2, 0.25) is 10.0 Å². The number of aromatic nitrogens is 1. The lowest BCUT2D eigenvalue weighted by atomic mass is 10.2. The summed E-state index contributed by atoms with van der Waals surface area (Å²) in [6.45, 7) is 0. The molecule has 0 spiro atoms. The number of benzene rings is 1. The Morgan fingerprint density at radius 3 is 2.88 bits per heavy atom. The Morgan fingerprint density at radius 2 is 2.24 bits per heavy atom. The number of fused-ring (bicyclic) bond motifs is 1. The minimum atomic E-state index is -3.50. The topological polar surface area (TPSA) is 95.4 Å². The molecule has 0 aliphatic heterocycles. The highest BCUT2D eigenvalue weighted by Crippen LogP contribution is 2.24. The second-order valence-corrected chi connectivity index (χ2v) is 5.34. The van der Waals surface area contributed by atoms with Crippen LogP contribution < -0.4 is 9.88 Å². The number of sulfonamides is 1. The van der Waals surface area contributed by atoms with E-state index in [-0.39, 0.29) is 12.2 Å². The lowest BCUT2D eigenvalue weighted by Crippen LogP contribution is -2.18. The fourth-order valence-electron chi connectivity index (χ4n) is 1.51. The molecule has 6 nitrogen and oxygen atoms in total. The lowest BCUT2D eigenvalue weighted by molar-refractivity contribution is 0.415. The minimum absolute atomic E-state index is 0.161. The van der Waals surface area contributed by atoms with Crippen molar-refractivity contribution in [2.24, 2.45) is 5.14 Å². The van der Waals surface area contributed by atoms with E-state index in [1.807, 2.05) is 0 Å². The Bertz CT molecular complexity index is 633. The summed E-state index contributed by atoms with van der Waals surface area (Å²) in [4.78, 5) is 0. The zero-order chi connectivity index (χ0) is 12.5. The molecule has 1 aromatic carbocycles.